The lowest BCUT2D eigenvalue weighted by Crippen LogP contribution is -2.35. The van der Waals surface area contributed by atoms with E-state index in [1.807, 2.05) is 0 Å². The summed E-state index contributed by atoms with van der Waals surface area (Å²) in [6.45, 7) is 0. The third-order valence-corrected chi connectivity index (χ3v) is 10.8. The monoisotopic (exact) mass is 869 g/mol. The number of anilines is 1. The first-order valence-electron chi connectivity index (χ1n) is 16.5. The Morgan fingerprint density at radius 2 is 1.12 bits per heavy atom. The van der Waals surface area contributed by atoms with E-state index in [9.17, 15) is 43.2 Å². The van der Waals surface area contributed by atoms with Gasteiger partial charge in [-0.3, -0.25) is 0 Å². The Labute approximate surface area is 333 Å². The summed E-state index contributed by atoms with van der Waals surface area (Å²) in [6, 6.07) is 18.0. The number of tetrazole rings is 2. The maximum Gasteiger partial charge on any atom is 0.489 e. The van der Waals surface area contributed by atoms with Crippen LogP contribution in [-0.4, -0.2) is 88.5 Å². The van der Waals surface area contributed by atoms with E-state index in [4.69, 9.17) is 15.8 Å². The number of hydrogen-bond donors (Lipinski definition) is 5. The minimum absolute atomic E-state index is 0.0506. The number of benzene rings is 4. The van der Waals surface area contributed by atoms with Gasteiger partial charge in [-0.05, 0) is 83.9 Å². The van der Waals surface area contributed by atoms with E-state index >= 15 is 0 Å². The Morgan fingerprint density at radius 1 is 0.661 bits per heavy atom. The van der Waals surface area contributed by atoms with Crippen molar-refractivity contribution in [1.29, 1.82) is 0 Å². The van der Waals surface area contributed by atoms with Gasteiger partial charge in [0.25, 0.3) is 0 Å². The van der Waals surface area contributed by atoms with Crippen LogP contribution >= 0.6 is 0 Å². The number of aromatic nitrogens is 8. The average Bonchev–Trinajstić information content (AvgIpc) is 3.82. The van der Waals surface area contributed by atoms with Crippen molar-refractivity contribution in [3.63, 3.8) is 0 Å². The van der Waals surface area contributed by atoms with Gasteiger partial charge in [0.1, 0.15) is 0 Å². The molecule has 26 heteroatoms. The van der Waals surface area contributed by atoms with Crippen molar-refractivity contribution in [3.8, 4) is 22.8 Å². The zero-order chi connectivity index (χ0) is 43.9. The zero-order valence-corrected chi connectivity index (χ0v) is 32.8. The SMILES string of the molecule is CNS(=O)(=O)c1ccc(Cc2ccccc2C(F)(F)F)c(-c2nnn(C)n2)c1.CNS(=O)(=O)c1ccc(N)c(-c2nnn(C)n2)c1.OB(O)c1ccccc1C(F)(F)F. The van der Waals surface area contributed by atoms with Gasteiger partial charge in [0.05, 0.1) is 35.0 Å². The van der Waals surface area contributed by atoms with Crippen molar-refractivity contribution in [2.24, 2.45) is 14.1 Å². The number of nitrogen functional groups attached to an aromatic ring is 1. The lowest BCUT2D eigenvalue weighted by atomic mass is 9.77. The van der Waals surface area contributed by atoms with Crippen LogP contribution in [-0.2, 0) is 52.9 Å². The van der Waals surface area contributed by atoms with Gasteiger partial charge < -0.3 is 15.8 Å². The normalized spacial score (nSPS) is 11.9. The van der Waals surface area contributed by atoms with Crippen LogP contribution in [0.4, 0.5) is 32.0 Å². The summed E-state index contributed by atoms with van der Waals surface area (Å²) in [7, 11) is -3.63. The van der Waals surface area contributed by atoms with Crippen molar-refractivity contribution in [1.82, 2.24) is 49.9 Å². The second kappa shape index (κ2) is 18.4. The Morgan fingerprint density at radius 3 is 1.58 bits per heavy atom. The van der Waals surface area contributed by atoms with Gasteiger partial charge in [-0.1, -0.05) is 48.5 Å². The van der Waals surface area contributed by atoms with E-state index in [2.05, 4.69) is 40.3 Å². The molecular weight excluding hydrogens is 835 g/mol. The highest BCUT2D eigenvalue weighted by Gasteiger charge is 2.36. The quantitative estimate of drug-likeness (QED) is 0.0796. The molecule has 0 unspecified atom stereocenters. The van der Waals surface area contributed by atoms with Gasteiger partial charge in [-0.25, -0.2) is 26.3 Å². The molecule has 0 bridgehead atoms. The Hall–Kier alpha value is -5.80. The fourth-order valence-corrected chi connectivity index (χ4v) is 6.65. The Kier molecular flexibility index (Phi) is 14.3. The fourth-order valence-electron chi connectivity index (χ4n) is 5.14. The van der Waals surface area contributed by atoms with Crippen molar-refractivity contribution < 1.29 is 53.2 Å². The molecule has 4 aromatic carbocycles. The molecule has 2 heterocycles. The standard InChI is InChI=1S/C17H16F3N5O2S.C9H12N6O2S.C7H6BF3O2/c1-21-28(26,27)13-8-7-11(14(10-13)16-22-24-25(2)23-16)9-12-5-3-4-6-15(12)17(18,19)20;1-11-18(16,17)6-3-4-8(10)7(5-6)9-12-14-15(2)13-9;9-7(10,11)5-3-1-2-4-6(5)8(12)13/h3-8,10,21H,9H2,1-2H3;3-5,11H,10H2,1-2H3;1-4,12-13H. The molecule has 0 aliphatic heterocycles. The molecular formula is C33H34BF6N11O6S2. The zero-order valence-electron chi connectivity index (χ0n) is 31.1. The van der Waals surface area contributed by atoms with E-state index in [1.54, 1.807) is 7.05 Å². The second-order valence-electron chi connectivity index (χ2n) is 12.0. The molecule has 6 aromatic rings. The molecule has 314 valence electrons. The van der Waals surface area contributed by atoms with Crippen LogP contribution in [0.5, 0.6) is 0 Å². The van der Waals surface area contributed by atoms with Crippen LogP contribution < -0.4 is 20.6 Å². The summed E-state index contributed by atoms with van der Waals surface area (Å²) < 4.78 is 129. The van der Waals surface area contributed by atoms with E-state index in [1.165, 1.54) is 97.5 Å². The highest BCUT2D eigenvalue weighted by Crippen LogP contribution is 2.35. The topological polar surface area (TPSA) is 246 Å². The van der Waals surface area contributed by atoms with Gasteiger partial charge in [-0.15, -0.1) is 20.4 Å². The molecule has 17 nitrogen and oxygen atoms in total. The highest BCUT2D eigenvalue weighted by molar-refractivity contribution is 7.89. The first kappa shape index (κ1) is 45.9. The molecule has 0 aliphatic rings. The lowest BCUT2D eigenvalue weighted by molar-refractivity contribution is -0.138. The minimum atomic E-state index is -4.56. The lowest BCUT2D eigenvalue weighted by Gasteiger charge is -2.14. The summed E-state index contributed by atoms with van der Waals surface area (Å²) in [5, 5.41) is 40.4. The van der Waals surface area contributed by atoms with Crippen molar-refractivity contribution >= 4 is 38.3 Å². The van der Waals surface area contributed by atoms with E-state index < -0.39 is 56.1 Å². The van der Waals surface area contributed by atoms with Gasteiger partial charge in [-0.2, -0.15) is 35.9 Å². The molecule has 6 rings (SSSR count). The predicted molar refractivity (Wildman–Crippen MR) is 201 cm³/mol. The summed E-state index contributed by atoms with van der Waals surface area (Å²) >= 11 is 0. The molecule has 0 aliphatic carbocycles. The van der Waals surface area contributed by atoms with Crippen LogP contribution in [0.2, 0.25) is 0 Å². The molecule has 0 atom stereocenters. The van der Waals surface area contributed by atoms with Crippen molar-refractivity contribution in [2.75, 3.05) is 19.8 Å². The maximum absolute atomic E-state index is 13.3. The van der Waals surface area contributed by atoms with Gasteiger partial charge in [0.2, 0.25) is 31.7 Å². The van der Waals surface area contributed by atoms with Crippen molar-refractivity contribution in [2.45, 2.75) is 28.6 Å². The number of halogens is 6. The Bertz CT molecular complexity index is 2620. The third kappa shape index (κ3) is 11.7. The molecule has 6 N–H and O–H groups in total. The summed E-state index contributed by atoms with van der Waals surface area (Å²) in [6.07, 6.45) is -9.14. The minimum Gasteiger partial charge on any atom is -0.423 e. The first-order valence-corrected chi connectivity index (χ1v) is 19.5. The van der Waals surface area contributed by atoms with Crippen LogP contribution in [0.3, 0.4) is 0 Å². The number of nitrogens with two attached hydrogens (primary N) is 1. The number of alkyl halides is 6. The summed E-state index contributed by atoms with van der Waals surface area (Å²) in [4.78, 5) is 2.50. The second-order valence-corrected chi connectivity index (χ2v) is 15.8. The van der Waals surface area contributed by atoms with E-state index in [-0.39, 0.29) is 33.4 Å². The molecule has 59 heavy (non-hydrogen) atoms. The smallest absolute Gasteiger partial charge is 0.423 e. The van der Waals surface area contributed by atoms with Crippen LogP contribution in [0.25, 0.3) is 22.8 Å². The first-order chi connectivity index (χ1) is 27.5. The summed E-state index contributed by atoms with van der Waals surface area (Å²) in [5.41, 5.74) is 5.09. The number of rotatable bonds is 9. The third-order valence-electron chi connectivity index (χ3n) is 8.01. The molecule has 0 saturated heterocycles. The summed E-state index contributed by atoms with van der Waals surface area (Å²) in [5.74, 6) is 0.401. The molecule has 0 amide bonds. The average molecular weight is 870 g/mol. The van der Waals surface area contributed by atoms with Crippen LogP contribution in [0.1, 0.15) is 22.3 Å². The van der Waals surface area contributed by atoms with Crippen LogP contribution in [0, 0.1) is 0 Å². The number of nitrogens with zero attached hydrogens (tertiary/aromatic N) is 8. The molecule has 0 saturated carbocycles. The van der Waals surface area contributed by atoms with Gasteiger partial charge >= 0.3 is 19.5 Å². The number of hydrogen-bond acceptors (Lipinski definition) is 13. The van der Waals surface area contributed by atoms with Crippen LogP contribution in [0.15, 0.2) is 94.7 Å². The van der Waals surface area contributed by atoms with Crippen molar-refractivity contribution in [3.05, 3.63) is 107 Å². The molecule has 0 radical (unpaired) electrons. The number of nitrogens with one attached hydrogen (secondary N) is 2. The molecule has 0 spiro atoms. The number of sulfonamides is 2. The van der Waals surface area contributed by atoms with Gasteiger partial charge in [0.15, 0.2) is 0 Å². The van der Waals surface area contributed by atoms with E-state index in [0.29, 0.717) is 22.4 Å². The largest absolute Gasteiger partial charge is 0.489 e. The number of aryl methyl sites for hydroxylation is 2. The molecule has 0 fully saturated rings. The van der Waals surface area contributed by atoms with Gasteiger partial charge in [0, 0.05) is 16.8 Å². The van der Waals surface area contributed by atoms with E-state index in [0.717, 1.165) is 18.2 Å². The highest BCUT2D eigenvalue weighted by atomic mass is 32.2. The maximum atomic E-state index is 13.3. The molecule has 2 aromatic heterocycles. The predicted octanol–water partition coefficient (Wildman–Crippen LogP) is 2.15. The fraction of sp³-hybridized carbons (Fsp3) is 0.212. The Balaban J connectivity index is 0.000000213.